The lowest BCUT2D eigenvalue weighted by Gasteiger charge is -2.27. The van der Waals surface area contributed by atoms with Gasteiger partial charge in [0, 0.05) is 18.2 Å². The second-order valence-corrected chi connectivity index (χ2v) is 9.20. The van der Waals surface area contributed by atoms with Crippen molar-refractivity contribution in [3.05, 3.63) is 35.4 Å². The molecule has 1 heterocycles. The number of hydrogen-bond donors (Lipinski definition) is 0. The van der Waals surface area contributed by atoms with E-state index in [1.165, 1.54) is 5.56 Å². The Balaban J connectivity index is 2.19. The Labute approximate surface area is 133 Å². The molecule has 2 rings (SSSR count). The van der Waals surface area contributed by atoms with Crippen LogP contribution in [0.5, 0.6) is 0 Å². The number of amides is 1. The van der Waals surface area contributed by atoms with Gasteiger partial charge in [-0.25, -0.2) is 8.42 Å². The van der Waals surface area contributed by atoms with Crippen molar-refractivity contribution in [1.29, 1.82) is 0 Å². The van der Waals surface area contributed by atoms with Crippen molar-refractivity contribution in [2.75, 3.05) is 18.1 Å². The van der Waals surface area contributed by atoms with Gasteiger partial charge in [0.1, 0.15) is 0 Å². The fraction of sp³-hybridized carbons (Fsp3) is 0.588. The van der Waals surface area contributed by atoms with E-state index in [0.717, 1.165) is 0 Å². The van der Waals surface area contributed by atoms with Crippen LogP contribution in [0.2, 0.25) is 0 Å². The van der Waals surface area contributed by atoms with E-state index in [1.54, 1.807) is 4.90 Å². The van der Waals surface area contributed by atoms with Gasteiger partial charge in [-0.1, -0.05) is 32.9 Å². The highest BCUT2D eigenvalue weighted by Crippen LogP contribution is 2.24. The van der Waals surface area contributed by atoms with Crippen molar-refractivity contribution < 1.29 is 13.2 Å². The van der Waals surface area contributed by atoms with Crippen LogP contribution in [0.4, 0.5) is 0 Å². The number of carbonyl (C=O) groups is 1. The van der Waals surface area contributed by atoms with Gasteiger partial charge in [-0.05, 0) is 36.5 Å². The zero-order valence-electron chi connectivity index (χ0n) is 13.8. The molecule has 1 fully saturated rings. The van der Waals surface area contributed by atoms with Crippen molar-refractivity contribution >= 4 is 15.7 Å². The lowest BCUT2D eigenvalue weighted by atomic mass is 9.86. The Kier molecular flexibility index (Phi) is 4.66. The van der Waals surface area contributed by atoms with E-state index >= 15 is 0 Å². The molecule has 0 unspecified atom stereocenters. The Hall–Kier alpha value is -1.36. The zero-order valence-corrected chi connectivity index (χ0v) is 14.6. The first-order valence-electron chi connectivity index (χ1n) is 7.76. The van der Waals surface area contributed by atoms with E-state index in [1.807, 2.05) is 31.2 Å². The minimum Gasteiger partial charge on any atom is -0.335 e. The molecule has 1 aromatic carbocycles. The number of nitrogens with zero attached hydrogens (tertiary/aromatic N) is 1. The first-order valence-corrected chi connectivity index (χ1v) is 9.58. The normalized spacial score (nSPS) is 20.8. The van der Waals surface area contributed by atoms with Crippen molar-refractivity contribution in [3.63, 3.8) is 0 Å². The zero-order chi connectivity index (χ0) is 16.5. The van der Waals surface area contributed by atoms with E-state index in [4.69, 9.17) is 0 Å². The topological polar surface area (TPSA) is 54.5 Å². The van der Waals surface area contributed by atoms with Crippen molar-refractivity contribution in [1.82, 2.24) is 4.90 Å². The summed E-state index contributed by atoms with van der Waals surface area (Å²) >= 11 is 0. The Morgan fingerprint density at radius 3 is 2.23 bits per heavy atom. The molecule has 1 aliphatic heterocycles. The summed E-state index contributed by atoms with van der Waals surface area (Å²) in [6, 6.07) is 7.45. The molecule has 0 saturated carbocycles. The fourth-order valence-electron chi connectivity index (χ4n) is 2.87. The summed E-state index contributed by atoms with van der Waals surface area (Å²) in [5.74, 6) is 0.196. The van der Waals surface area contributed by atoms with E-state index in [9.17, 15) is 13.2 Å². The molecule has 5 heteroatoms. The maximum absolute atomic E-state index is 12.7. The first-order chi connectivity index (χ1) is 10.1. The van der Waals surface area contributed by atoms with Crippen LogP contribution in [0, 0.1) is 0 Å². The van der Waals surface area contributed by atoms with Gasteiger partial charge in [0.2, 0.25) is 0 Å². The molecule has 1 atom stereocenters. The van der Waals surface area contributed by atoms with Gasteiger partial charge >= 0.3 is 0 Å². The Bertz CT molecular complexity index is 641. The highest BCUT2D eigenvalue weighted by atomic mass is 32.2. The van der Waals surface area contributed by atoms with Gasteiger partial charge in [-0.2, -0.15) is 0 Å². The minimum absolute atomic E-state index is 0.0472. The molecule has 1 saturated heterocycles. The van der Waals surface area contributed by atoms with Crippen LogP contribution >= 0.6 is 0 Å². The molecule has 0 radical (unpaired) electrons. The average molecular weight is 323 g/mol. The molecule has 0 aliphatic carbocycles. The third-order valence-electron chi connectivity index (χ3n) is 4.25. The third kappa shape index (κ3) is 3.69. The largest absolute Gasteiger partial charge is 0.335 e. The number of carbonyl (C=O) groups excluding carboxylic acids is 1. The lowest BCUT2D eigenvalue weighted by Crippen LogP contribution is -2.41. The molecule has 22 heavy (non-hydrogen) atoms. The molecule has 1 aliphatic rings. The molecule has 0 aromatic heterocycles. The molecule has 0 spiro atoms. The van der Waals surface area contributed by atoms with Crippen molar-refractivity contribution in [3.8, 4) is 0 Å². The second-order valence-electron chi connectivity index (χ2n) is 6.98. The van der Waals surface area contributed by atoms with Crippen LogP contribution < -0.4 is 0 Å². The number of benzene rings is 1. The highest BCUT2D eigenvalue weighted by molar-refractivity contribution is 7.91. The molecule has 0 N–H and O–H groups in total. The smallest absolute Gasteiger partial charge is 0.254 e. The molecule has 1 amide bonds. The SMILES string of the molecule is CCN(C(=O)c1ccc(C(C)(C)C)cc1)[C@@H]1CCS(=O)(=O)C1. The van der Waals surface area contributed by atoms with E-state index in [0.29, 0.717) is 18.5 Å². The summed E-state index contributed by atoms with van der Waals surface area (Å²) in [6.07, 6.45) is 0.544. The molecule has 4 nitrogen and oxygen atoms in total. The van der Waals surface area contributed by atoms with Crippen LogP contribution in [0.3, 0.4) is 0 Å². The van der Waals surface area contributed by atoms with Gasteiger partial charge < -0.3 is 4.90 Å². The summed E-state index contributed by atoms with van der Waals surface area (Å²) < 4.78 is 23.3. The monoisotopic (exact) mass is 323 g/mol. The second kappa shape index (κ2) is 6.03. The Morgan fingerprint density at radius 1 is 1.23 bits per heavy atom. The predicted octanol–water partition coefficient (Wildman–Crippen LogP) is 2.63. The lowest BCUT2D eigenvalue weighted by molar-refractivity contribution is 0.0708. The molecule has 122 valence electrons. The van der Waals surface area contributed by atoms with Crippen LogP contribution in [0.1, 0.15) is 50.0 Å². The molecule has 0 bridgehead atoms. The summed E-state index contributed by atoms with van der Waals surface area (Å²) in [5.41, 5.74) is 1.85. The van der Waals surface area contributed by atoms with E-state index < -0.39 is 9.84 Å². The van der Waals surface area contributed by atoms with Crippen LogP contribution in [-0.4, -0.2) is 43.3 Å². The first kappa shape index (κ1) is 17.0. The maximum Gasteiger partial charge on any atom is 0.254 e. The fourth-order valence-corrected chi connectivity index (χ4v) is 4.60. The van der Waals surface area contributed by atoms with E-state index in [-0.39, 0.29) is 28.9 Å². The van der Waals surface area contributed by atoms with Gasteiger partial charge in [-0.3, -0.25) is 4.79 Å². The van der Waals surface area contributed by atoms with Gasteiger partial charge in [0.25, 0.3) is 5.91 Å². The average Bonchev–Trinajstić information content (AvgIpc) is 2.79. The minimum atomic E-state index is -2.99. The quantitative estimate of drug-likeness (QED) is 0.859. The third-order valence-corrected chi connectivity index (χ3v) is 6.00. The van der Waals surface area contributed by atoms with Crippen LogP contribution in [0.25, 0.3) is 0 Å². The number of sulfone groups is 1. The summed E-state index contributed by atoms with van der Waals surface area (Å²) in [6.45, 7) is 8.81. The van der Waals surface area contributed by atoms with Gasteiger partial charge in [0.05, 0.1) is 11.5 Å². The summed E-state index contributed by atoms with van der Waals surface area (Å²) in [7, 11) is -2.99. The molecular weight excluding hydrogens is 298 g/mol. The molecular formula is C17H25NO3S. The van der Waals surface area contributed by atoms with Gasteiger partial charge in [0.15, 0.2) is 9.84 Å². The maximum atomic E-state index is 12.7. The van der Waals surface area contributed by atoms with Crippen molar-refractivity contribution in [2.24, 2.45) is 0 Å². The standard InChI is InChI=1S/C17H25NO3S/c1-5-18(15-10-11-22(20,21)12-15)16(19)13-6-8-14(9-7-13)17(2,3)4/h6-9,15H,5,10-12H2,1-4H3/t15-/m1/s1. The highest BCUT2D eigenvalue weighted by Gasteiger charge is 2.34. The predicted molar refractivity (Wildman–Crippen MR) is 88.9 cm³/mol. The Morgan fingerprint density at radius 2 is 1.82 bits per heavy atom. The van der Waals surface area contributed by atoms with Crippen LogP contribution in [-0.2, 0) is 15.3 Å². The van der Waals surface area contributed by atoms with Crippen LogP contribution in [0.15, 0.2) is 24.3 Å². The number of rotatable bonds is 3. The van der Waals surface area contributed by atoms with Crippen molar-refractivity contribution in [2.45, 2.75) is 45.6 Å². The number of hydrogen-bond acceptors (Lipinski definition) is 3. The summed E-state index contributed by atoms with van der Waals surface area (Å²) in [5, 5.41) is 0. The van der Waals surface area contributed by atoms with Gasteiger partial charge in [-0.15, -0.1) is 0 Å². The summed E-state index contributed by atoms with van der Waals surface area (Å²) in [4.78, 5) is 14.4. The molecule has 1 aromatic rings. The van der Waals surface area contributed by atoms with E-state index in [2.05, 4.69) is 20.8 Å².